The number of nitrogens with one attached hydrogen (secondary N) is 1. The summed E-state index contributed by atoms with van der Waals surface area (Å²) < 4.78 is 7.68. The molecule has 25 heavy (non-hydrogen) atoms. The minimum Gasteiger partial charge on any atom is -0.444 e. The highest BCUT2D eigenvalue weighted by Gasteiger charge is 2.35. The number of halogens is 1. The predicted molar refractivity (Wildman–Crippen MR) is 101 cm³/mol. The molecular formula is C18H30ClN4O2+. The molecule has 0 aromatic rings. The highest BCUT2D eigenvalue weighted by atomic mass is 35.5. The molecule has 3 N–H and O–H groups in total. The van der Waals surface area contributed by atoms with Crippen molar-refractivity contribution in [3.8, 4) is 0 Å². The fourth-order valence-corrected chi connectivity index (χ4v) is 3.21. The van der Waals surface area contributed by atoms with Gasteiger partial charge in [-0.3, -0.25) is 15.7 Å². The number of amides is 1. The number of nitrogens with two attached hydrogens (primary N) is 1. The lowest BCUT2D eigenvalue weighted by Crippen LogP contribution is -2.48. The molecule has 140 valence electrons. The molecule has 1 unspecified atom stereocenters. The van der Waals surface area contributed by atoms with Crippen LogP contribution < -0.4 is 5.73 Å². The van der Waals surface area contributed by atoms with Gasteiger partial charge in [0.15, 0.2) is 0 Å². The summed E-state index contributed by atoms with van der Waals surface area (Å²) in [6.45, 7) is 8.06. The third-order valence-electron chi connectivity index (χ3n) is 4.65. The molecule has 1 aliphatic carbocycles. The Bertz CT molecular complexity index is 576. The minimum absolute atomic E-state index is 0.0419. The van der Waals surface area contributed by atoms with Crippen LogP contribution >= 0.6 is 11.6 Å². The van der Waals surface area contributed by atoms with Crippen molar-refractivity contribution in [1.29, 1.82) is 5.41 Å². The standard InChI is InChI=1S/C18H29ClN4O2/c1-18(2,3)25-17(24)23(14-5-4-6-14)12-13-9-10-22(11-13)16(21)8-7-15(19)20/h7-8,13-14,20-21H,4-6,9-12H2,1-3H3/p+1/b8-7-,20-15?. The number of rotatable bonds is 5. The van der Waals surface area contributed by atoms with Crippen LogP contribution in [-0.2, 0) is 4.74 Å². The van der Waals surface area contributed by atoms with E-state index in [0.717, 1.165) is 32.4 Å². The van der Waals surface area contributed by atoms with Crippen LogP contribution in [0.1, 0.15) is 46.5 Å². The Morgan fingerprint density at radius 1 is 1.36 bits per heavy atom. The molecule has 7 heteroatoms. The average molecular weight is 370 g/mol. The number of amidine groups is 1. The Morgan fingerprint density at radius 2 is 2.04 bits per heavy atom. The van der Waals surface area contributed by atoms with Crippen molar-refractivity contribution in [2.24, 2.45) is 11.7 Å². The van der Waals surface area contributed by atoms with Crippen molar-refractivity contribution < 1.29 is 14.1 Å². The van der Waals surface area contributed by atoms with Crippen molar-refractivity contribution in [1.82, 2.24) is 4.90 Å². The first-order valence-corrected chi connectivity index (χ1v) is 9.32. The number of hydrogen-bond acceptors (Lipinski definition) is 3. The van der Waals surface area contributed by atoms with E-state index in [4.69, 9.17) is 27.5 Å². The predicted octanol–water partition coefficient (Wildman–Crippen LogP) is 2.94. The summed E-state index contributed by atoms with van der Waals surface area (Å²) in [5.41, 5.74) is 5.58. The first-order chi connectivity index (χ1) is 11.7. The van der Waals surface area contributed by atoms with Crippen molar-refractivity contribution >= 4 is 28.7 Å². The average Bonchev–Trinajstić information content (AvgIpc) is 2.89. The summed E-state index contributed by atoms with van der Waals surface area (Å²) in [6, 6.07) is 0.307. The van der Waals surface area contributed by atoms with Gasteiger partial charge in [-0.1, -0.05) is 11.6 Å². The van der Waals surface area contributed by atoms with Crippen LogP contribution in [0, 0.1) is 11.3 Å². The van der Waals surface area contributed by atoms with E-state index in [9.17, 15) is 4.79 Å². The third-order valence-corrected chi connectivity index (χ3v) is 4.78. The Labute approximate surface area is 155 Å². The summed E-state index contributed by atoms with van der Waals surface area (Å²) in [5, 5.41) is 7.18. The zero-order chi connectivity index (χ0) is 18.6. The van der Waals surface area contributed by atoms with E-state index in [1.807, 2.05) is 25.7 Å². The quantitative estimate of drug-likeness (QED) is 0.444. The van der Waals surface area contributed by atoms with E-state index in [1.54, 1.807) is 6.08 Å². The number of hydrogen-bond donors (Lipinski definition) is 2. The van der Waals surface area contributed by atoms with Gasteiger partial charge in [0.25, 0.3) is 5.84 Å². The third kappa shape index (κ3) is 6.03. The van der Waals surface area contributed by atoms with E-state index >= 15 is 0 Å². The second-order valence-corrected chi connectivity index (χ2v) is 8.33. The van der Waals surface area contributed by atoms with Gasteiger partial charge in [-0.2, -0.15) is 0 Å². The van der Waals surface area contributed by atoms with Crippen LogP contribution in [0.2, 0.25) is 0 Å². The zero-order valence-electron chi connectivity index (χ0n) is 15.4. The van der Waals surface area contributed by atoms with E-state index in [-0.39, 0.29) is 11.3 Å². The number of carbonyl (C=O) groups excluding carboxylic acids is 1. The molecule has 0 aromatic carbocycles. The maximum atomic E-state index is 12.6. The SMILES string of the molecule is CC(C)(C)OC(=O)N(CC1CC[N+](=C(N)/C=C\C(=N)Cl)C1)C1CCC1. The van der Waals surface area contributed by atoms with Crippen LogP contribution in [0.5, 0.6) is 0 Å². The highest BCUT2D eigenvalue weighted by Crippen LogP contribution is 2.28. The Kier molecular flexibility index (Phi) is 6.49. The molecule has 0 spiro atoms. The molecule has 0 bridgehead atoms. The van der Waals surface area contributed by atoms with Crippen molar-refractivity contribution in [3.05, 3.63) is 12.2 Å². The molecule has 2 rings (SSSR count). The second-order valence-electron chi connectivity index (χ2n) is 7.92. The monoisotopic (exact) mass is 369 g/mol. The summed E-state index contributed by atoms with van der Waals surface area (Å²) in [4.78, 5) is 14.5. The largest absolute Gasteiger partial charge is 0.444 e. The lowest BCUT2D eigenvalue weighted by atomic mass is 9.91. The second kappa shape index (κ2) is 8.21. The molecule has 1 saturated carbocycles. The van der Waals surface area contributed by atoms with E-state index in [0.29, 0.717) is 24.3 Å². The van der Waals surface area contributed by atoms with Gasteiger partial charge >= 0.3 is 6.09 Å². The van der Waals surface area contributed by atoms with E-state index in [2.05, 4.69) is 4.58 Å². The minimum atomic E-state index is -0.476. The van der Waals surface area contributed by atoms with Crippen LogP contribution in [0.25, 0.3) is 0 Å². The lowest BCUT2D eigenvalue weighted by molar-refractivity contribution is -0.509. The maximum absolute atomic E-state index is 12.6. The normalized spacial score (nSPS) is 23.4. The molecule has 1 amide bonds. The van der Waals surface area contributed by atoms with Gasteiger partial charge in [0.1, 0.15) is 10.8 Å². The molecule has 2 aliphatic rings. The summed E-state index contributed by atoms with van der Waals surface area (Å²) in [6.07, 6.45) is 7.22. The number of allylic oxidation sites excluding steroid dienone is 1. The molecule has 2 fully saturated rings. The van der Waals surface area contributed by atoms with Crippen molar-refractivity contribution in [2.75, 3.05) is 19.6 Å². The number of carbonyl (C=O) groups is 1. The molecule has 1 aliphatic heterocycles. The molecular weight excluding hydrogens is 340 g/mol. The molecule has 6 nitrogen and oxygen atoms in total. The van der Waals surface area contributed by atoms with Crippen molar-refractivity contribution in [3.63, 3.8) is 0 Å². The van der Waals surface area contributed by atoms with Crippen LogP contribution in [0.15, 0.2) is 12.2 Å². The first kappa shape index (κ1) is 19.8. The molecule has 0 radical (unpaired) electrons. The fraction of sp³-hybridized carbons (Fsp3) is 0.722. The topological polar surface area (TPSA) is 82.4 Å². The Balaban J connectivity index is 1.99. The van der Waals surface area contributed by atoms with Gasteiger partial charge in [0, 0.05) is 24.6 Å². The lowest BCUT2D eigenvalue weighted by Gasteiger charge is -2.39. The van der Waals surface area contributed by atoms with E-state index < -0.39 is 5.60 Å². The smallest absolute Gasteiger partial charge is 0.410 e. The van der Waals surface area contributed by atoms with Gasteiger partial charge < -0.3 is 9.64 Å². The van der Waals surface area contributed by atoms with Crippen molar-refractivity contribution in [2.45, 2.75) is 58.1 Å². The van der Waals surface area contributed by atoms with Crippen LogP contribution in [0.4, 0.5) is 4.79 Å². The van der Waals surface area contributed by atoms with Gasteiger partial charge in [-0.25, -0.2) is 4.79 Å². The summed E-state index contributed by atoms with van der Waals surface area (Å²) in [5.74, 6) is 0.982. The highest BCUT2D eigenvalue weighted by molar-refractivity contribution is 6.67. The molecule has 1 atom stereocenters. The van der Waals surface area contributed by atoms with Gasteiger partial charge in [-0.05, 0) is 52.5 Å². The molecule has 1 heterocycles. The Morgan fingerprint density at radius 3 is 2.56 bits per heavy atom. The fourth-order valence-electron chi connectivity index (χ4n) is 3.15. The summed E-state index contributed by atoms with van der Waals surface area (Å²) in [7, 11) is 0. The summed E-state index contributed by atoms with van der Waals surface area (Å²) >= 11 is 5.52. The maximum Gasteiger partial charge on any atom is 0.410 e. The number of nitrogens with zero attached hydrogens (tertiary/aromatic N) is 2. The van der Waals surface area contributed by atoms with E-state index in [1.165, 1.54) is 12.5 Å². The van der Waals surface area contributed by atoms with Gasteiger partial charge in [0.2, 0.25) is 0 Å². The van der Waals surface area contributed by atoms with Gasteiger partial charge in [0.05, 0.1) is 13.1 Å². The number of ether oxygens (including phenoxy) is 1. The van der Waals surface area contributed by atoms with Gasteiger partial charge in [-0.15, -0.1) is 0 Å². The zero-order valence-corrected chi connectivity index (χ0v) is 16.2. The van der Waals surface area contributed by atoms with Crippen LogP contribution in [-0.4, -0.2) is 57.9 Å². The first-order valence-electron chi connectivity index (χ1n) is 8.95. The molecule has 1 saturated heterocycles. The molecule has 0 aromatic heterocycles. The van der Waals surface area contributed by atoms with Crippen LogP contribution in [0.3, 0.4) is 0 Å². The Hall–Kier alpha value is -1.56.